The molecule has 1 saturated heterocycles. The fourth-order valence-corrected chi connectivity index (χ4v) is 18.3. The Morgan fingerprint density at radius 1 is 0.755 bits per heavy atom. The van der Waals surface area contributed by atoms with Gasteiger partial charge in [-0.05, 0) is 50.6 Å². The molecule has 1 heterocycles. The van der Waals surface area contributed by atoms with E-state index in [4.69, 9.17) is 13.9 Å². The maximum Gasteiger partial charge on any atom is 0.338 e. The van der Waals surface area contributed by atoms with E-state index < -0.39 is 16.4 Å². The molecule has 264 valence electrons. The van der Waals surface area contributed by atoms with Crippen LogP contribution < -0.4 is 10.4 Å². The summed E-state index contributed by atoms with van der Waals surface area (Å²) in [4.78, 5) is 13.5. The van der Waals surface area contributed by atoms with Crippen molar-refractivity contribution in [3.63, 3.8) is 0 Å². The van der Waals surface area contributed by atoms with Gasteiger partial charge in [-0.1, -0.05) is 161 Å². The number of benzene rings is 3. The van der Waals surface area contributed by atoms with Crippen molar-refractivity contribution in [2.24, 2.45) is 11.8 Å². The predicted octanol–water partition coefficient (Wildman–Crippen LogP) is 9.44. The SMILES string of the molecule is CC(C)[Si](C#C[C@@H]1O[C@H](CCO[Si](c2ccccc2)(c2ccccc2)C(C)(C)C)[C@H](C)[C@H](OC(=O)c2ccccc2)[C@H]1C)(C(C)C)C(C)C. The zero-order valence-electron chi connectivity index (χ0n) is 31.8. The van der Waals surface area contributed by atoms with Gasteiger partial charge in [0.05, 0.1) is 11.7 Å². The Hall–Kier alpha value is -2.96. The molecule has 6 heteroatoms. The lowest BCUT2D eigenvalue weighted by molar-refractivity contribution is -0.149. The van der Waals surface area contributed by atoms with Gasteiger partial charge in [-0.2, -0.15) is 0 Å². The third-order valence-corrected chi connectivity index (χ3v) is 22.5. The molecule has 0 amide bonds. The summed E-state index contributed by atoms with van der Waals surface area (Å²) in [5, 5.41) is 2.40. The van der Waals surface area contributed by atoms with Gasteiger partial charge in [0.1, 0.15) is 20.3 Å². The number of hydrogen-bond acceptors (Lipinski definition) is 4. The Morgan fingerprint density at radius 2 is 1.22 bits per heavy atom. The summed E-state index contributed by atoms with van der Waals surface area (Å²) in [5.41, 5.74) is 6.02. The van der Waals surface area contributed by atoms with Crippen molar-refractivity contribution in [2.75, 3.05) is 6.61 Å². The van der Waals surface area contributed by atoms with Crippen LogP contribution in [-0.4, -0.2) is 47.3 Å². The number of ether oxygens (including phenoxy) is 2. The van der Waals surface area contributed by atoms with Crippen LogP contribution in [0.1, 0.15) is 92.9 Å². The van der Waals surface area contributed by atoms with Crippen LogP contribution in [0.3, 0.4) is 0 Å². The van der Waals surface area contributed by atoms with Crippen molar-refractivity contribution in [2.45, 2.75) is 123 Å². The minimum absolute atomic E-state index is 0.0363. The van der Waals surface area contributed by atoms with Gasteiger partial charge in [0, 0.05) is 18.4 Å². The van der Waals surface area contributed by atoms with Crippen molar-refractivity contribution in [1.29, 1.82) is 0 Å². The second-order valence-electron chi connectivity index (χ2n) is 16.0. The highest BCUT2D eigenvalue weighted by atomic mass is 28.4. The van der Waals surface area contributed by atoms with Crippen molar-refractivity contribution < 1.29 is 18.7 Å². The highest BCUT2D eigenvalue weighted by Gasteiger charge is 2.51. The topological polar surface area (TPSA) is 44.8 Å². The monoisotopic (exact) mass is 696 g/mol. The van der Waals surface area contributed by atoms with Crippen LogP contribution in [0.15, 0.2) is 91.0 Å². The maximum atomic E-state index is 13.5. The van der Waals surface area contributed by atoms with Gasteiger partial charge in [0.15, 0.2) is 0 Å². The van der Waals surface area contributed by atoms with E-state index in [1.165, 1.54) is 10.4 Å². The molecule has 1 fully saturated rings. The molecule has 4 nitrogen and oxygen atoms in total. The largest absolute Gasteiger partial charge is 0.458 e. The Morgan fingerprint density at radius 3 is 1.67 bits per heavy atom. The average molecular weight is 697 g/mol. The molecule has 1 aliphatic rings. The molecule has 0 N–H and O–H groups in total. The molecule has 5 atom stereocenters. The molecular weight excluding hydrogens is 637 g/mol. The highest BCUT2D eigenvalue weighted by molar-refractivity contribution is 6.99. The Kier molecular flexibility index (Phi) is 13.0. The molecule has 0 radical (unpaired) electrons. The van der Waals surface area contributed by atoms with Crippen molar-refractivity contribution in [3.05, 3.63) is 96.6 Å². The molecular formula is C43H60O4Si2. The minimum atomic E-state index is -2.71. The van der Waals surface area contributed by atoms with E-state index in [9.17, 15) is 4.79 Å². The molecule has 0 spiro atoms. The quantitative estimate of drug-likeness (QED) is 0.114. The smallest absolute Gasteiger partial charge is 0.338 e. The van der Waals surface area contributed by atoms with Crippen LogP contribution in [0.25, 0.3) is 0 Å². The van der Waals surface area contributed by atoms with Gasteiger partial charge in [-0.25, -0.2) is 4.79 Å². The summed E-state index contributed by atoms with van der Waals surface area (Å²) < 4.78 is 20.6. The summed E-state index contributed by atoms with van der Waals surface area (Å²) in [6, 6.07) is 30.8. The number of carbonyl (C=O) groups is 1. The van der Waals surface area contributed by atoms with Crippen LogP contribution >= 0.6 is 0 Å². The predicted molar refractivity (Wildman–Crippen MR) is 210 cm³/mol. The summed E-state index contributed by atoms with van der Waals surface area (Å²) >= 11 is 0. The Balaban J connectivity index is 1.70. The molecule has 1 aliphatic heterocycles. The van der Waals surface area contributed by atoms with E-state index >= 15 is 0 Å². The normalized spacial score (nSPS) is 21.8. The highest BCUT2D eigenvalue weighted by Crippen LogP contribution is 2.42. The van der Waals surface area contributed by atoms with Gasteiger partial charge in [-0.3, -0.25) is 0 Å². The molecule has 0 unspecified atom stereocenters. The standard InChI is InChI=1S/C43H60O4Si2/c1-31(2)48(32(3)4,33(5)6)30-28-40-35(8)41(47-42(44)36-21-15-12-16-22-36)34(7)39(46-40)27-29-45-49(43(9,10)11,37-23-17-13-18-24-37)38-25-19-14-20-26-38/h12-26,31-35,39-41H,27,29H2,1-11H3/t34-,35-,39+,40-,41-/m0/s1. The Bertz CT molecular complexity index is 1480. The van der Waals surface area contributed by atoms with Crippen molar-refractivity contribution >= 4 is 32.7 Å². The first-order valence-corrected chi connectivity index (χ1v) is 22.5. The lowest BCUT2D eigenvalue weighted by Gasteiger charge is -2.45. The van der Waals surface area contributed by atoms with Crippen LogP contribution in [0.2, 0.25) is 21.7 Å². The first-order chi connectivity index (χ1) is 23.2. The Labute approximate surface area is 299 Å². The second kappa shape index (κ2) is 16.4. The van der Waals surface area contributed by atoms with E-state index in [0.717, 1.165) is 0 Å². The number of hydrogen-bond donors (Lipinski definition) is 0. The molecule has 0 saturated carbocycles. The number of esters is 1. The first kappa shape index (κ1) is 38.8. The van der Waals surface area contributed by atoms with E-state index in [1.54, 1.807) is 0 Å². The van der Waals surface area contributed by atoms with Gasteiger partial charge in [-0.15, -0.1) is 5.54 Å². The third-order valence-electron chi connectivity index (χ3n) is 11.1. The molecule has 49 heavy (non-hydrogen) atoms. The summed E-state index contributed by atoms with van der Waals surface area (Å²) in [7, 11) is -4.72. The third kappa shape index (κ3) is 8.17. The van der Waals surface area contributed by atoms with E-state index in [-0.39, 0.29) is 41.2 Å². The van der Waals surface area contributed by atoms with Crippen LogP contribution in [0.5, 0.6) is 0 Å². The van der Waals surface area contributed by atoms with Crippen LogP contribution in [-0.2, 0) is 13.9 Å². The second-order valence-corrected chi connectivity index (χ2v) is 25.9. The summed E-state index contributed by atoms with van der Waals surface area (Å²) in [6.45, 7) is 25.8. The van der Waals surface area contributed by atoms with Gasteiger partial charge in [0.2, 0.25) is 0 Å². The molecule has 3 aromatic rings. The van der Waals surface area contributed by atoms with Gasteiger partial charge in [0.25, 0.3) is 8.32 Å². The van der Waals surface area contributed by atoms with E-state index in [2.05, 4.69) is 148 Å². The molecule has 3 aromatic carbocycles. The maximum absolute atomic E-state index is 13.5. The van der Waals surface area contributed by atoms with Gasteiger partial charge < -0.3 is 13.9 Å². The zero-order valence-corrected chi connectivity index (χ0v) is 33.8. The van der Waals surface area contributed by atoms with Crippen molar-refractivity contribution in [1.82, 2.24) is 0 Å². The average Bonchev–Trinajstić information content (AvgIpc) is 3.07. The summed E-state index contributed by atoms with van der Waals surface area (Å²) in [6.07, 6.45) is -0.190. The lowest BCUT2D eigenvalue weighted by Crippen LogP contribution is -2.66. The molecule has 0 bridgehead atoms. The molecule has 0 aromatic heterocycles. The van der Waals surface area contributed by atoms with E-state index in [0.29, 0.717) is 35.2 Å². The lowest BCUT2D eigenvalue weighted by atomic mass is 9.81. The molecule has 0 aliphatic carbocycles. The first-order valence-electron chi connectivity index (χ1n) is 18.4. The van der Waals surface area contributed by atoms with E-state index in [1.807, 2.05) is 30.3 Å². The summed E-state index contributed by atoms with van der Waals surface area (Å²) in [5.74, 6) is 3.29. The van der Waals surface area contributed by atoms with Gasteiger partial charge >= 0.3 is 5.97 Å². The van der Waals surface area contributed by atoms with Crippen molar-refractivity contribution in [3.8, 4) is 11.5 Å². The minimum Gasteiger partial charge on any atom is -0.458 e. The fraction of sp³-hybridized carbons (Fsp3) is 0.512. The number of carbonyl (C=O) groups excluding carboxylic acids is 1. The van der Waals surface area contributed by atoms with Crippen LogP contribution in [0, 0.1) is 23.3 Å². The zero-order chi connectivity index (χ0) is 36.0. The number of rotatable bonds is 11. The fourth-order valence-electron chi connectivity index (χ4n) is 8.49. The molecule has 4 rings (SSSR count). The van der Waals surface area contributed by atoms with Crippen LogP contribution in [0.4, 0.5) is 0 Å².